The Morgan fingerprint density at radius 1 is 1.21 bits per heavy atom. The van der Waals surface area contributed by atoms with Crippen molar-refractivity contribution in [2.75, 3.05) is 18.4 Å². The largest absolute Gasteiger partial charge is 0.480 e. The summed E-state index contributed by atoms with van der Waals surface area (Å²) >= 11 is 0. The molecule has 0 radical (unpaired) electrons. The number of carbonyl (C=O) groups is 2. The molecule has 1 aromatic carbocycles. The first-order valence-electron chi connectivity index (χ1n) is 13.5. The predicted molar refractivity (Wildman–Crippen MR) is 136 cm³/mol. The van der Waals surface area contributed by atoms with Crippen molar-refractivity contribution in [3.8, 4) is 0 Å². The first kappa shape index (κ1) is 27.4. The lowest BCUT2D eigenvalue weighted by molar-refractivity contribution is -0.140. The summed E-state index contributed by atoms with van der Waals surface area (Å²) in [6.45, 7) is 1.39. The maximum atomic E-state index is 13.7. The van der Waals surface area contributed by atoms with E-state index in [4.69, 9.17) is 4.98 Å². The topological polar surface area (TPSA) is 94.6 Å². The van der Waals surface area contributed by atoms with Gasteiger partial charge in [-0.25, -0.2) is 14.2 Å². The Labute approximate surface area is 224 Å². The summed E-state index contributed by atoms with van der Waals surface area (Å²) in [6.07, 6.45) is 2.39. The number of alkyl halides is 3. The molecule has 1 amide bonds. The van der Waals surface area contributed by atoms with E-state index in [1.807, 2.05) is 0 Å². The van der Waals surface area contributed by atoms with Crippen LogP contribution in [0.3, 0.4) is 0 Å². The Balaban J connectivity index is 1.17. The maximum Gasteiger partial charge on any atom is 0.416 e. The Bertz CT molecular complexity index is 1240. The van der Waals surface area contributed by atoms with Crippen LogP contribution in [-0.4, -0.2) is 58.1 Å². The number of nitrogens with one attached hydrogen (secondary N) is 2. The molecule has 3 N–H and O–H groups in total. The number of hydrogen-bond acceptors (Lipinski definition) is 5. The molecule has 0 saturated carbocycles. The minimum absolute atomic E-state index is 0.0975. The number of benzene rings is 1. The van der Waals surface area contributed by atoms with Crippen molar-refractivity contribution < 1.29 is 32.3 Å². The van der Waals surface area contributed by atoms with Gasteiger partial charge in [0.1, 0.15) is 17.7 Å². The SMILES string of the molecule is O=C(N[C@@H](CCN1C2CCC1C(CCc1ccc3c(n1)NCCC3)C2)C(=O)O)c1cc(F)cc(C(F)(F)F)c1. The van der Waals surface area contributed by atoms with E-state index >= 15 is 0 Å². The van der Waals surface area contributed by atoms with Crippen LogP contribution in [0.25, 0.3) is 0 Å². The first-order valence-corrected chi connectivity index (χ1v) is 13.5. The van der Waals surface area contributed by atoms with Crippen molar-refractivity contribution in [2.45, 2.75) is 75.7 Å². The molecular formula is C28H32F4N4O3. The van der Waals surface area contributed by atoms with Gasteiger partial charge in [-0.2, -0.15) is 13.2 Å². The number of nitrogens with zero attached hydrogens (tertiary/aromatic N) is 2. The van der Waals surface area contributed by atoms with E-state index in [0.29, 0.717) is 42.7 Å². The molecule has 4 heterocycles. The van der Waals surface area contributed by atoms with Gasteiger partial charge in [0.2, 0.25) is 0 Å². The van der Waals surface area contributed by atoms with Crippen LogP contribution in [0.15, 0.2) is 30.3 Å². The minimum Gasteiger partial charge on any atom is -0.480 e. The van der Waals surface area contributed by atoms with Crippen molar-refractivity contribution in [1.82, 2.24) is 15.2 Å². The molecule has 3 aliphatic heterocycles. The second-order valence-corrected chi connectivity index (χ2v) is 10.8. The fourth-order valence-corrected chi connectivity index (χ4v) is 6.39. The van der Waals surface area contributed by atoms with E-state index in [2.05, 4.69) is 27.7 Å². The lowest BCUT2D eigenvalue weighted by Gasteiger charge is -2.26. The number of carboxylic acid groups (broad SMARTS) is 1. The van der Waals surface area contributed by atoms with E-state index in [1.165, 1.54) is 5.56 Å². The van der Waals surface area contributed by atoms with Crippen molar-refractivity contribution in [2.24, 2.45) is 5.92 Å². The van der Waals surface area contributed by atoms with Crippen LogP contribution in [0.1, 0.15) is 65.7 Å². The highest BCUT2D eigenvalue weighted by atomic mass is 19.4. The molecule has 3 aliphatic rings. The first-order chi connectivity index (χ1) is 18.6. The summed E-state index contributed by atoms with van der Waals surface area (Å²) in [5, 5.41) is 15.3. The number of carbonyl (C=O) groups excluding carboxylic acids is 1. The van der Waals surface area contributed by atoms with Crippen LogP contribution in [0.5, 0.6) is 0 Å². The van der Waals surface area contributed by atoms with Gasteiger partial charge in [0.05, 0.1) is 5.56 Å². The molecule has 11 heteroatoms. The smallest absolute Gasteiger partial charge is 0.416 e. The Morgan fingerprint density at radius 3 is 2.79 bits per heavy atom. The summed E-state index contributed by atoms with van der Waals surface area (Å²) in [7, 11) is 0. The zero-order chi connectivity index (χ0) is 27.7. The third kappa shape index (κ3) is 6.18. The molecule has 39 heavy (non-hydrogen) atoms. The zero-order valence-corrected chi connectivity index (χ0v) is 21.4. The number of aryl methyl sites for hydroxylation is 2. The van der Waals surface area contributed by atoms with E-state index in [1.54, 1.807) is 0 Å². The maximum absolute atomic E-state index is 13.7. The van der Waals surface area contributed by atoms with Gasteiger partial charge in [-0.15, -0.1) is 0 Å². The van der Waals surface area contributed by atoms with Crippen LogP contribution in [0, 0.1) is 11.7 Å². The molecule has 1 aromatic heterocycles. The average molecular weight is 549 g/mol. The molecule has 2 saturated heterocycles. The van der Waals surface area contributed by atoms with Gasteiger partial charge in [-0.05, 0) is 87.1 Å². The Morgan fingerprint density at radius 2 is 2.03 bits per heavy atom. The highest BCUT2D eigenvalue weighted by Crippen LogP contribution is 2.43. The number of carboxylic acids is 1. The summed E-state index contributed by atoms with van der Waals surface area (Å²) in [5.74, 6) is -2.10. The van der Waals surface area contributed by atoms with Crippen LogP contribution >= 0.6 is 0 Å². The fourth-order valence-electron chi connectivity index (χ4n) is 6.39. The van der Waals surface area contributed by atoms with E-state index < -0.39 is 41.0 Å². The second-order valence-electron chi connectivity index (χ2n) is 10.8. The molecule has 5 rings (SSSR count). The van der Waals surface area contributed by atoms with Crippen molar-refractivity contribution >= 4 is 17.7 Å². The van der Waals surface area contributed by atoms with Crippen molar-refractivity contribution in [3.63, 3.8) is 0 Å². The number of pyridine rings is 1. The fraction of sp³-hybridized carbons (Fsp3) is 0.536. The number of anilines is 1. The molecule has 2 aromatic rings. The van der Waals surface area contributed by atoms with Crippen LogP contribution < -0.4 is 10.6 Å². The number of fused-ring (bicyclic) bond motifs is 3. The molecule has 3 unspecified atom stereocenters. The number of halogens is 4. The van der Waals surface area contributed by atoms with Crippen molar-refractivity contribution in [3.05, 3.63) is 58.5 Å². The molecule has 2 bridgehead atoms. The number of rotatable bonds is 9. The highest BCUT2D eigenvalue weighted by molar-refractivity contribution is 5.96. The Kier molecular flexibility index (Phi) is 7.80. The third-order valence-electron chi connectivity index (χ3n) is 8.30. The van der Waals surface area contributed by atoms with Gasteiger partial charge >= 0.3 is 12.1 Å². The standard InChI is InChI=1S/C28H32F4N4O3/c29-20-13-18(12-19(15-20)28(30,31)32)26(37)35-23(27(38)39)9-11-36-22-7-8-24(36)17(14-22)4-6-21-5-3-16-2-1-10-33-25(16)34-21/h3,5,12-13,15,17,22-24H,1-2,4,6-11,14H2,(H,33,34)(H,35,37)(H,38,39)/t17?,22?,23-,24?/m0/s1. The number of aliphatic carboxylic acids is 1. The molecule has 4 atom stereocenters. The van der Waals surface area contributed by atoms with Crippen LogP contribution in [0.4, 0.5) is 23.4 Å². The van der Waals surface area contributed by atoms with Crippen LogP contribution in [0.2, 0.25) is 0 Å². The molecule has 0 aliphatic carbocycles. The summed E-state index contributed by atoms with van der Waals surface area (Å²) in [5.41, 5.74) is 0.452. The van der Waals surface area contributed by atoms with E-state index in [-0.39, 0.29) is 6.42 Å². The lowest BCUT2D eigenvalue weighted by atomic mass is 9.85. The van der Waals surface area contributed by atoms with E-state index in [0.717, 1.165) is 63.0 Å². The minimum atomic E-state index is -4.83. The molecular weight excluding hydrogens is 516 g/mol. The third-order valence-corrected chi connectivity index (χ3v) is 8.30. The van der Waals surface area contributed by atoms with Crippen LogP contribution in [-0.2, 0) is 23.8 Å². The normalized spacial score (nSPS) is 23.2. The number of hydrogen-bond donors (Lipinski definition) is 3. The van der Waals surface area contributed by atoms with Gasteiger partial charge in [0.15, 0.2) is 0 Å². The van der Waals surface area contributed by atoms with Crippen molar-refractivity contribution in [1.29, 1.82) is 0 Å². The summed E-state index contributed by atoms with van der Waals surface area (Å²) in [6, 6.07) is 5.12. The van der Waals surface area contributed by atoms with Gasteiger partial charge in [-0.3, -0.25) is 9.69 Å². The van der Waals surface area contributed by atoms with Gasteiger partial charge < -0.3 is 15.7 Å². The lowest BCUT2D eigenvalue weighted by Crippen LogP contribution is -2.44. The summed E-state index contributed by atoms with van der Waals surface area (Å²) in [4.78, 5) is 31.5. The summed E-state index contributed by atoms with van der Waals surface area (Å²) < 4.78 is 52.8. The quantitative estimate of drug-likeness (QED) is 0.395. The average Bonchev–Trinajstić information content (AvgIpc) is 3.45. The molecule has 2 fully saturated rings. The monoisotopic (exact) mass is 548 g/mol. The Hall–Kier alpha value is -3.21. The molecule has 210 valence electrons. The number of aromatic nitrogens is 1. The molecule has 7 nitrogen and oxygen atoms in total. The van der Waals surface area contributed by atoms with E-state index in [9.17, 15) is 32.3 Å². The van der Waals surface area contributed by atoms with Gasteiger partial charge in [0.25, 0.3) is 5.91 Å². The van der Waals surface area contributed by atoms with Gasteiger partial charge in [-0.1, -0.05) is 6.07 Å². The highest BCUT2D eigenvalue weighted by Gasteiger charge is 2.45. The molecule has 0 spiro atoms. The second kappa shape index (κ2) is 11.1. The zero-order valence-electron chi connectivity index (χ0n) is 21.4. The van der Waals surface area contributed by atoms with Gasteiger partial charge in [0, 0.05) is 36.4 Å². The number of amides is 1. The predicted octanol–water partition coefficient (Wildman–Crippen LogP) is 4.66.